The standard InChI is InChI=1S/C27H24N4O4/c1-31-23-16-20(9-10-21-8-5-14-28-17-21)11-12-24(23)35-18-22(27(31)34)30-26(33)25(32)29-15-13-19-6-3-2-4-7-19/h2-8,11-12,14,16-17,22H,13,15,18H2,1H3,(H,29,32)(H,30,33)/t22-/m0/s1. The molecule has 0 fully saturated rings. The van der Waals surface area contributed by atoms with E-state index in [4.69, 9.17) is 4.74 Å². The number of hydrogen-bond acceptors (Lipinski definition) is 5. The molecule has 0 radical (unpaired) electrons. The SMILES string of the molecule is CN1C(=O)[C@@H](NC(=O)C(=O)NCCc2ccccc2)COc2ccc(C#Cc3cccnc3)cc21. The van der Waals surface area contributed by atoms with E-state index in [1.807, 2.05) is 36.4 Å². The Bertz CT molecular complexity index is 1280. The summed E-state index contributed by atoms with van der Waals surface area (Å²) in [6, 6.07) is 17.5. The van der Waals surface area contributed by atoms with Gasteiger partial charge in [0.2, 0.25) is 0 Å². The van der Waals surface area contributed by atoms with Crippen molar-refractivity contribution in [2.45, 2.75) is 12.5 Å². The van der Waals surface area contributed by atoms with Crippen molar-refractivity contribution in [2.75, 3.05) is 25.1 Å². The lowest BCUT2D eigenvalue weighted by atomic mass is 10.1. The molecular weight excluding hydrogens is 444 g/mol. The van der Waals surface area contributed by atoms with E-state index in [-0.39, 0.29) is 6.61 Å². The van der Waals surface area contributed by atoms with Crippen LogP contribution in [0.3, 0.4) is 0 Å². The first-order valence-electron chi connectivity index (χ1n) is 11.1. The molecule has 2 N–H and O–H groups in total. The highest BCUT2D eigenvalue weighted by atomic mass is 16.5. The van der Waals surface area contributed by atoms with Crippen LogP contribution in [0.15, 0.2) is 73.1 Å². The molecule has 1 atom stereocenters. The molecule has 0 spiro atoms. The zero-order valence-corrected chi connectivity index (χ0v) is 19.2. The Balaban J connectivity index is 1.37. The van der Waals surface area contributed by atoms with Gasteiger partial charge in [0, 0.05) is 37.1 Å². The third-order valence-electron chi connectivity index (χ3n) is 5.42. The van der Waals surface area contributed by atoms with Gasteiger partial charge in [0.1, 0.15) is 18.4 Å². The van der Waals surface area contributed by atoms with Crippen molar-refractivity contribution in [3.8, 4) is 17.6 Å². The number of ether oxygens (including phenoxy) is 1. The fourth-order valence-electron chi connectivity index (χ4n) is 3.53. The number of carbonyl (C=O) groups is 3. The third-order valence-corrected chi connectivity index (χ3v) is 5.42. The first kappa shape index (κ1) is 23.5. The average molecular weight is 469 g/mol. The molecule has 0 unspecified atom stereocenters. The second-order valence-corrected chi connectivity index (χ2v) is 7.90. The number of pyridine rings is 1. The minimum absolute atomic E-state index is 0.0973. The summed E-state index contributed by atoms with van der Waals surface area (Å²) >= 11 is 0. The quantitative estimate of drug-likeness (QED) is 0.448. The van der Waals surface area contributed by atoms with Crippen molar-refractivity contribution < 1.29 is 19.1 Å². The van der Waals surface area contributed by atoms with Gasteiger partial charge in [-0.3, -0.25) is 19.4 Å². The Labute approximate surface area is 203 Å². The van der Waals surface area contributed by atoms with Crippen LogP contribution >= 0.6 is 0 Å². The molecule has 2 aromatic carbocycles. The summed E-state index contributed by atoms with van der Waals surface area (Å²) in [6.45, 7) is 0.208. The highest BCUT2D eigenvalue weighted by Gasteiger charge is 2.32. The second-order valence-electron chi connectivity index (χ2n) is 7.90. The van der Waals surface area contributed by atoms with Crippen LogP contribution in [0.1, 0.15) is 16.7 Å². The van der Waals surface area contributed by atoms with Gasteiger partial charge in [0.15, 0.2) is 0 Å². The summed E-state index contributed by atoms with van der Waals surface area (Å²) < 4.78 is 5.77. The van der Waals surface area contributed by atoms with Crippen LogP contribution in [0.2, 0.25) is 0 Å². The van der Waals surface area contributed by atoms with Crippen molar-refractivity contribution >= 4 is 23.4 Å². The Morgan fingerprint density at radius 2 is 1.86 bits per heavy atom. The van der Waals surface area contributed by atoms with Crippen LogP contribution in [-0.4, -0.2) is 48.9 Å². The summed E-state index contributed by atoms with van der Waals surface area (Å²) in [4.78, 5) is 43.1. The van der Waals surface area contributed by atoms with Gasteiger partial charge in [-0.05, 0) is 42.3 Å². The van der Waals surface area contributed by atoms with Crippen molar-refractivity contribution in [1.82, 2.24) is 15.6 Å². The molecule has 2 heterocycles. The summed E-state index contributed by atoms with van der Waals surface area (Å²) in [6.07, 6.45) is 3.94. The molecule has 8 nitrogen and oxygen atoms in total. The monoisotopic (exact) mass is 468 g/mol. The van der Waals surface area contributed by atoms with Crippen molar-refractivity contribution in [1.29, 1.82) is 0 Å². The number of likely N-dealkylation sites (N-methyl/N-ethyl adjacent to an activating group) is 1. The summed E-state index contributed by atoms with van der Waals surface area (Å²) in [5, 5.41) is 5.06. The maximum atomic E-state index is 13.0. The fourth-order valence-corrected chi connectivity index (χ4v) is 3.53. The Morgan fingerprint density at radius 1 is 1.06 bits per heavy atom. The van der Waals surface area contributed by atoms with E-state index >= 15 is 0 Å². The number of hydrogen-bond donors (Lipinski definition) is 2. The molecule has 1 aliphatic rings. The molecular formula is C27H24N4O4. The number of nitrogens with one attached hydrogen (secondary N) is 2. The van der Waals surface area contributed by atoms with Crippen LogP contribution in [0.25, 0.3) is 0 Å². The normalized spacial score (nSPS) is 14.5. The first-order chi connectivity index (χ1) is 17.0. The summed E-state index contributed by atoms with van der Waals surface area (Å²) in [5.74, 6) is 4.48. The van der Waals surface area contributed by atoms with Gasteiger partial charge in [-0.25, -0.2) is 0 Å². The molecule has 176 valence electrons. The molecule has 1 aromatic heterocycles. The topological polar surface area (TPSA) is 101 Å². The largest absolute Gasteiger partial charge is 0.489 e. The lowest BCUT2D eigenvalue weighted by molar-refractivity contribution is -0.140. The van der Waals surface area contributed by atoms with Gasteiger partial charge in [0.25, 0.3) is 5.91 Å². The number of amides is 3. The smallest absolute Gasteiger partial charge is 0.310 e. The highest BCUT2D eigenvalue weighted by molar-refractivity contribution is 6.35. The molecule has 35 heavy (non-hydrogen) atoms. The molecule has 4 rings (SSSR count). The van der Waals surface area contributed by atoms with Gasteiger partial charge in [-0.15, -0.1) is 0 Å². The number of nitrogens with zero attached hydrogens (tertiary/aromatic N) is 2. The number of anilines is 1. The van der Waals surface area contributed by atoms with Crippen molar-refractivity contribution in [3.05, 3.63) is 89.7 Å². The molecule has 1 aliphatic heterocycles. The molecule has 0 bridgehead atoms. The van der Waals surface area contributed by atoms with E-state index in [9.17, 15) is 14.4 Å². The van der Waals surface area contributed by atoms with Gasteiger partial charge >= 0.3 is 11.8 Å². The van der Waals surface area contributed by atoms with Crippen LogP contribution in [0, 0.1) is 11.8 Å². The number of carbonyl (C=O) groups excluding carboxylic acids is 3. The van der Waals surface area contributed by atoms with E-state index in [1.165, 1.54) is 4.90 Å². The number of fused-ring (bicyclic) bond motifs is 1. The number of aromatic nitrogens is 1. The highest BCUT2D eigenvalue weighted by Crippen LogP contribution is 2.31. The van der Waals surface area contributed by atoms with E-state index in [2.05, 4.69) is 27.5 Å². The van der Waals surface area contributed by atoms with Crippen LogP contribution in [0.5, 0.6) is 5.75 Å². The maximum absolute atomic E-state index is 13.0. The van der Waals surface area contributed by atoms with Gasteiger partial charge in [-0.1, -0.05) is 42.2 Å². The molecule has 0 aliphatic carbocycles. The van der Waals surface area contributed by atoms with E-state index in [0.29, 0.717) is 30.0 Å². The Morgan fingerprint density at radius 3 is 2.63 bits per heavy atom. The van der Waals surface area contributed by atoms with Gasteiger partial charge < -0.3 is 20.3 Å². The predicted molar refractivity (Wildman–Crippen MR) is 131 cm³/mol. The van der Waals surface area contributed by atoms with Gasteiger partial charge in [-0.2, -0.15) is 0 Å². The summed E-state index contributed by atoms with van der Waals surface area (Å²) in [7, 11) is 1.59. The number of benzene rings is 2. The molecule has 3 aromatic rings. The van der Waals surface area contributed by atoms with E-state index in [0.717, 1.165) is 11.1 Å². The van der Waals surface area contributed by atoms with Crippen LogP contribution in [-0.2, 0) is 20.8 Å². The second kappa shape index (κ2) is 11.0. The fraction of sp³-hybridized carbons (Fsp3) is 0.185. The molecule has 8 heteroatoms. The molecule has 3 amide bonds. The lowest BCUT2D eigenvalue weighted by Crippen LogP contribution is -2.53. The predicted octanol–water partition coefficient (Wildman–Crippen LogP) is 1.68. The first-order valence-corrected chi connectivity index (χ1v) is 11.1. The van der Waals surface area contributed by atoms with Gasteiger partial charge in [0.05, 0.1) is 5.69 Å². The zero-order valence-electron chi connectivity index (χ0n) is 19.2. The van der Waals surface area contributed by atoms with Crippen LogP contribution < -0.4 is 20.3 Å². The maximum Gasteiger partial charge on any atom is 0.310 e. The lowest BCUT2D eigenvalue weighted by Gasteiger charge is -2.20. The molecule has 0 saturated heterocycles. The van der Waals surface area contributed by atoms with Crippen molar-refractivity contribution in [3.63, 3.8) is 0 Å². The molecule has 0 saturated carbocycles. The Kier molecular flexibility index (Phi) is 7.38. The van der Waals surface area contributed by atoms with Crippen molar-refractivity contribution in [2.24, 2.45) is 0 Å². The third kappa shape index (κ3) is 6.03. The number of rotatable bonds is 4. The minimum Gasteiger partial charge on any atom is -0.489 e. The summed E-state index contributed by atoms with van der Waals surface area (Å²) in [5.41, 5.74) is 3.03. The zero-order chi connectivity index (χ0) is 24.6. The minimum atomic E-state index is -1.01. The Hall–Kier alpha value is -4.64. The van der Waals surface area contributed by atoms with Crippen LogP contribution in [0.4, 0.5) is 5.69 Å². The average Bonchev–Trinajstić information content (AvgIpc) is 3.00. The van der Waals surface area contributed by atoms with E-state index < -0.39 is 23.8 Å². The van der Waals surface area contributed by atoms with E-state index in [1.54, 1.807) is 43.7 Å².